The highest BCUT2D eigenvalue weighted by molar-refractivity contribution is 7.16. The molecule has 1 atom stereocenters. The predicted molar refractivity (Wildman–Crippen MR) is 127 cm³/mol. The van der Waals surface area contributed by atoms with E-state index in [1.807, 2.05) is 6.07 Å². The van der Waals surface area contributed by atoms with Gasteiger partial charge in [0.05, 0.1) is 5.56 Å². The van der Waals surface area contributed by atoms with Gasteiger partial charge < -0.3 is 0 Å². The number of benzene rings is 1. The molecule has 7 heteroatoms. The van der Waals surface area contributed by atoms with Crippen LogP contribution in [-0.2, 0) is 22.4 Å². The first-order chi connectivity index (χ1) is 15.5. The van der Waals surface area contributed by atoms with E-state index in [0.717, 1.165) is 48.9 Å². The van der Waals surface area contributed by atoms with Gasteiger partial charge in [0, 0.05) is 45.0 Å². The number of ketones is 1. The Bertz CT molecular complexity index is 1210. The smallest absolute Gasteiger partial charge is 0.232 e. The van der Waals surface area contributed by atoms with Gasteiger partial charge in [0.15, 0.2) is 5.78 Å². The van der Waals surface area contributed by atoms with Crippen molar-refractivity contribution in [2.45, 2.75) is 63.7 Å². The maximum atomic E-state index is 13.6. The summed E-state index contributed by atoms with van der Waals surface area (Å²) in [6, 6.07) is 7.61. The molecule has 1 unspecified atom stereocenters. The van der Waals surface area contributed by atoms with Gasteiger partial charge in [0.1, 0.15) is 11.1 Å². The molecule has 1 aliphatic heterocycles. The highest BCUT2D eigenvalue weighted by atomic mass is 35.5. The molecule has 32 heavy (non-hydrogen) atoms. The van der Waals surface area contributed by atoms with Crippen LogP contribution in [0.15, 0.2) is 29.5 Å². The number of hydrogen-bond acceptors (Lipinski definition) is 4. The highest BCUT2D eigenvalue weighted by Gasteiger charge is 2.42. The van der Waals surface area contributed by atoms with Crippen LogP contribution in [0, 0.1) is 11.3 Å². The molecule has 1 aromatic carbocycles. The zero-order chi connectivity index (χ0) is 22.4. The SMILES string of the molecule is N#Cc1c(N2C(=O)CC(c3ccc(Cl)cc3Cl)C3=C2CCCC3=O)sc2c1CCCCC2. The topological polar surface area (TPSA) is 61.2 Å². The van der Waals surface area contributed by atoms with Crippen LogP contribution in [0.2, 0.25) is 10.0 Å². The Labute approximate surface area is 201 Å². The lowest BCUT2D eigenvalue weighted by molar-refractivity contribution is -0.119. The average molecular weight is 485 g/mol. The predicted octanol–water partition coefficient (Wildman–Crippen LogP) is 6.72. The molecule has 0 fully saturated rings. The van der Waals surface area contributed by atoms with E-state index in [1.165, 1.54) is 4.88 Å². The fourth-order valence-corrected chi connectivity index (χ4v) is 7.20. The molecule has 1 aromatic heterocycles. The first-order valence-electron chi connectivity index (χ1n) is 11.1. The van der Waals surface area contributed by atoms with Crippen LogP contribution in [0.25, 0.3) is 0 Å². The minimum atomic E-state index is -0.380. The molecule has 0 N–H and O–H groups in total. The lowest BCUT2D eigenvalue weighted by atomic mass is 9.77. The number of Topliss-reactive ketones (excluding diaryl/α,β-unsaturated/α-hetero) is 1. The summed E-state index contributed by atoms with van der Waals surface area (Å²) in [4.78, 5) is 29.6. The Morgan fingerprint density at radius 3 is 2.62 bits per heavy atom. The lowest BCUT2D eigenvalue weighted by Crippen LogP contribution is -2.40. The monoisotopic (exact) mass is 484 g/mol. The van der Waals surface area contributed by atoms with E-state index in [4.69, 9.17) is 23.2 Å². The number of hydrogen-bond donors (Lipinski definition) is 0. The number of fused-ring (bicyclic) bond motifs is 1. The van der Waals surface area contributed by atoms with Crippen molar-refractivity contribution < 1.29 is 9.59 Å². The van der Waals surface area contributed by atoms with Gasteiger partial charge in [0.25, 0.3) is 0 Å². The largest absolute Gasteiger partial charge is 0.294 e. The maximum absolute atomic E-state index is 13.6. The number of anilines is 1. The fourth-order valence-electron chi connectivity index (χ4n) is 5.28. The Morgan fingerprint density at radius 2 is 1.84 bits per heavy atom. The Hall–Kier alpha value is -2.13. The summed E-state index contributed by atoms with van der Waals surface area (Å²) < 4.78 is 0. The average Bonchev–Trinajstić information content (AvgIpc) is 2.93. The third-order valence-corrected chi connectivity index (χ3v) is 8.57. The van der Waals surface area contributed by atoms with Gasteiger partial charge in [-0.2, -0.15) is 5.26 Å². The van der Waals surface area contributed by atoms with Gasteiger partial charge in [-0.1, -0.05) is 35.7 Å². The first kappa shape index (κ1) is 21.7. The zero-order valence-electron chi connectivity index (χ0n) is 17.5. The van der Waals surface area contributed by atoms with Crippen LogP contribution in [0.1, 0.15) is 72.4 Å². The number of aryl methyl sites for hydroxylation is 1. The van der Waals surface area contributed by atoms with Crippen molar-refractivity contribution in [3.05, 3.63) is 61.1 Å². The van der Waals surface area contributed by atoms with Gasteiger partial charge >= 0.3 is 0 Å². The van der Waals surface area contributed by atoms with Crippen molar-refractivity contribution in [2.24, 2.45) is 0 Å². The van der Waals surface area contributed by atoms with Crippen molar-refractivity contribution in [2.75, 3.05) is 4.90 Å². The first-order valence-corrected chi connectivity index (χ1v) is 12.7. The number of halogens is 2. The molecule has 3 aliphatic rings. The summed E-state index contributed by atoms with van der Waals surface area (Å²) in [6.45, 7) is 0. The maximum Gasteiger partial charge on any atom is 0.232 e. The highest BCUT2D eigenvalue weighted by Crippen LogP contribution is 2.48. The van der Waals surface area contributed by atoms with Crippen LogP contribution in [0.4, 0.5) is 5.00 Å². The number of rotatable bonds is 2. The van der Waals surface area contributed by atoms with Crippen LogP contribution in [0.3, 0.4) is 0 Å². The van der Waals surface area contributed by atoms with Gasteiger partial charge in [0.2, 0.25) is 5.91 Å². The molecule has 0 spiro atoms. The van der Waals surface area contributed by atoms with Gasteiger partial charge in [-0.25, -0.2) is 0 Å². The van der Waals surface area contributed by atoms with Crippen molar-refractivity contribution in [1.82, 2.24) is 0 Å². The fraction of sp³-hybridized carbons (Fsp3) is 0.400. The number of thiophene rings is 1. The third kappa shape index (κ3) is 3.59. The Morgan fingerprint density at radius 1 is 1.03 bits per heavy atom. The lowest BCUT2D eigenvalue weighted by Gasteiger charge is -2.38. The molecule has 1 amide bonds. The molecule has 0 bridgehead atoms. The molecule has 0 saturated carbocycles. The van der Waals surface area contributed by atoms with E-state index in [9.17, 15) is 14.9 Å². The summed E-state index contributed by atoms with van der Waals surface area (Å²) in [5.41, 5.74) is 3.90. The Kier molecular flexibility index (Phi) is 5.88. The summed E-state index contributed by atoms with van der Waals surface area (Å²) in [7, 11) is 0. The van der Waals surface area contributed by atoms with Crippen LogP contribution in [-0.4, -0.2) is 11.7 Å². The molecule has 4 nitrogen and oxygen atoms in total. The van der Waals surface area contributed by atoms with Crippen LogP contribution >= 0.6 is 34.5 Å². The molecule has 2 heterocycles. The van der Waals surface area contributed by atoms with E-state index in [2.05, 4.69) is 6.07 Å². The number of carbonyl (C=O) groups excluding carboxylic acids is 2. The molecule has 2 aromatic rings. The van der Waals surface area contributed by atoms with Crippen molar-refractivity contribution in [3.63, 3.8) is 0 Å². The second kappa shape index (κ2) is 8.67. The number of carbonyl (C=O) groups is 2. The normalized spacial score (nSPS) is 21.2. The molecule has 5 rings (SSSR count). The third-order valence-electron chi connectivity index (χ3n) is 6.73. The number of allylic oxidation sites excluding steroid dienone is 2. The molecule has 0 radical (unpaired) electrons. The van der Waals surface area contributed by atoms with Crippen LogP contribution < -0.4 is 4.90 Å². The van der Waals surface area contributed by atoms with E-state index in [1.54, 1.807) is 28.4 Å². The van der Waals surface area contributed by atoms with E-state index in [0.29, 0.717) is 45.4 Å². The number of nitrogens with zero attached hydrogens (tertiary/aromatic N) is 2. The second-order valence-corrected chi connectivity index (χ2v) is 10.6. The summed E-state index contributed by atoms with van der Waals surface area (Å²) in [6.07, 6.45) is 7.13. The Balaban J connectivity index is 1.67. The summed E-state index contributed by atoms with van der Waals surface area (Å²) in [5.74, 6) is -0.395. The quantitative estimate of drug-likeness (QED) is 0.444. The van der Waals surface area contributed by atoms with Crippen molar-refractivity contribution in [1.29, 1.82) is 5.26 Å². The summed E-state index contributed by atoms with van der Waals surface area (Å²) in [5, 5.41) is 11.7. The number of amides is 1. The molecule has 0 saturated heterocycles. The van der Waals surface area contributed by atoms with E-state index in [-0.39, 0.29) is 24.0 Å². The molecular formula is C25H22Cl2N2O2S. The van der Waals surface area contributed by atoms with Gasteiger partial charge in [-0.15, -0.1) is 11.3 Å². The second-order valence-electron chi connectivity index (χ2n) is 8.65. The van der Waals surface area contributed by atoms with E-state index >= 15 is 0 Å². The standard InChI is InChI=1S/C25H22Cl2N2O2S/c26-14-9-10-15(19(27)11-14)17-12-23(31)29(20-6-4-7-21(30)24(17)20)25-18(13-28)16-5-2-1-3-8-22(16)32-25/h9-11,17H,1-8,12H2. The minimum absolute atomic E-state index is 0.0661. The van der Waals surface area contributed by atoms with Crippen molar-refractivity contribution >= 4 is 51.2 Å². The van der Waals surface area contributed by atoms with Gasteiger partial charge in [-0.05, 0) is 61.8 Å². The minimum Gasteiger partial charge on any atom is -0.294 e. The zero-order valence-corrected chi connectivity index (χ0v) is 19.9. The van der Waals surface area contributed by atoms with E-state index < -0.39 is 0 Å². The molecule has 164 valence electrons. The van der Waals surface area contributed by atoms with Gasteiger partial charge in [-0.3, -0.25) is 14.5 Å². The number of nitriles is 1. The van der Waals surface area contributed by atoms with Crippen LogP contribution in [0.5, 0.6) is 0 Å². The van der Waals surface area contributed by atoms with Crippen molar-refractivity contribution in [3.8, 4) is 6.07 Å². The summed E-state index contributed by atoms with van der Waals surface area (Å²) >= 11 is 14.1. The molecule has 2 aliphatic carbocycles. The molecular weight excluding hydrogens is 463 g/mol.